The lowest BCUT2D eigenvalue weighted by molar-refractivity contribution is -0.140. The number of halogens is 1. The molecular weight excluding hydrogens is 609 g/mol. The lowest BCUT2D eigenvalue weighted by Crippen LogP contribution is -2.54. The zero-order chi connectivity index (χ0) is 33.4. The lowest BCUT2D eigenvalue weighted by atomic mass is 9.95. The highest BCUT2D eigenvalue weighted by molar-refractivity contribution is 7.92. The molecule has 0 aliphatic heterocycles. The molecule has 0 bridgehead atoms. The van der Waals surface area contributed by atoms with Crippen LogP contribution in [0.15, 0.2) is 65.6 Å². The van der Waals surface area contributed by atoms with Crippen LogP contribution < -0.4 is 19.1 Å². The molecule has 11 heteroatoms. The molecule has 1 aliphatic rings. The van der Waals surface area contributed by atoms with Crippen LogP contribution in [-0.2, 0) is 26.2 Å². The normalized spacial score (nSPS) is 14.3. The van der Waals surface area contributed by atoms with Gasteiger partial charge in [0.1, 0.15) is 18.4 Å². The number of hydrogen-bond acceptors (Lipinski definition) is 6. The maximum Gasteiger partial charge on any atom is 0.264 e. The van der Waals surface area contributed by atoms with Gasteiger partial charge in [-0.05, 0) is 86.2 Å². The summed E-state index contributed by atoms with van der Waals surface area (Å²) < 4.78 is 54.2. The molecule has 1 fully saturated rings. The van der Waals surface area contributed by atoms with Crippen molar-refractivity contribution < 1.29 is 31.9 Å². The molecule has 0 unspecified atom stereocenters. The van der Waals surface area contributed by atoms with E-state index < -0.39 is 34.3 Å². The monoisotopic (exact) mass is 653 g/mol. The van der Waals surface area contributed by atoms with Gasteiger partial charge in [-0.25, -0.2) is 12.8 Å². The fourth-order valence-electron chi connectivity index (χ4n) is 5.98. The topological polar surface area (TPSA) is 105 Å². The van der Waals surface area contributed by atoms with E-state index in [1.807, 2.05) is 26.8 Å². The second-order valence-corrected chi connectivity index (χ2v) is 13.7. The molecular formula is C35H44FN3O6S. The summed E-state index contributed by atoms with van der Waals surface area (Å²) in [4.78, 5) is 29.4. The Morgan fingerprint density at radius 2 is 1.54 bits per heavy atom. The molecule has 3 aromatic rings. The third kappa shape index (κ3) is 8.37. The van der Waals surface area contributed by atoms with Crippen molar-refractivity contribution in [1.82, 2.24) is 10.2 Å². The number of rotatable bonds is 13. The van der Waals surface area contributed by atoms with E-state index in [1.54, 1.807) is 24.3 Å². The number of nitrogens with zero attached hydrogens (tertiary/aromatic N) is 2. The first-order chi connectivity index (χ1) is 22.0. The fourth-order valence-corrected chi connectivity index (χ4v) is 7.39. The van der Waals surface area contributed by atoms with E-state index in [1.165, 1.54) is 49.5 Å². The first-order valence-electron chi connectivity index (χ1n) is 15.6. The zero-order valence-electron chi connectivity index (χ0n) is 27.2. The highest BCUT2D eigenvalue weighted by Crippen LogP contribution is 2.33. The molecule has 0 saturated heterocycles. The van der Waals surface area contributed by atoms with Crippen LogP contribution in [0, 0.1) is 19.7 Å². The van der Waals surface area contributed by atoms with Gasteiger partial charge in [-0.1, -0.05) is 44.4 Å². The summed E-state index contributed by atoms with van der Waals surface area (Å²) in [7, 11) is -1.46. The molecule has 2 amide bonds. The first-order valence-corrected chi connectivity index (χ1v) is 17.1. The molecule has 46 heavy (non-hydrogen) atoms. The Balaban J connectivity index is 1.76. The van der Waals surface area contributed by atoms with Crippen LogP contribution in [0.3, 0.4) is 0 Å². The molecule has 1 aliphatic carbocycles. The Kier molecular flexibility index (Phi) is 11.7. The van der Waals surface area contributed by atoms with E-state index in [0.717, 1.165) is 47.5 Å². The number of benzene rings is 3. The summed E-state index contributed by atoms with van der Waals surface area (Å²) in [5.41, 5.74) is 2.55. The second kappa shape index (κ2) is 15.4. The van der Waals surface area contributed by atoms with Crippen molar-refractivity contribution in [2.45, 2.75) is 82.8 Å². The molecule has 248 valence electrons. The molecule has 1 N–H and O–H groups in total. The second-order valence-electron chi connectivity index (χ2n) is 11.8. The van der Waals surface area contributed by atoms with E-state index in [-0.39, 0.29) is 29.1 Å². The van der Waals surface area contributed by atoms with Crippen molar-refractivity contribution in [2.75, 3.05) is 25.1 Å². The molecule has 1 atom stereocenters. The van der Waals surface area contributed by atoms with Gasteiger partial charge in [-0.3, -0.25) is 13.9 Å². The van der Waals surface area contributed by atoms with Gasteiger partial charge in [-0.15, -0.1) is 0 Å². The quantitative estimate of drug-likeness (QED) is 0.246. The van der Waals surface area contributed by atoms with E-state index in [2.05, 4.69) is 5.32 Å². The minimum absolute atomic E-state index is 0.00714. The Morgan fingerprint density at radius 1 is 0.913 bits per heavy atom. The summed E-state index contributed by atoms with van der Waals surface area (Å²) in [6.45, 7) is 4.94. The third-order valence-electron chi connectivity index (χ3n) is 8.32. The molecule has 0 heterocycles. The zero-order valence-corrected chi connectivity index (χ0v) is 28.0. The fraction of sp³-hybridized carbons (Fsp3) is 0.429. The van der Waals surface area contributed by atoms with Gasteiger partial charge < -0.3 is 19.7 Å². The summed E-state index contributed by atoms with van der Waals surface area (Å²) in [5.74, 6) is -0.705. The number of carbonyl (C=O) groups is 2. The molecule has 4 rings (SSSR count). The number of carbonyl (C=O) groups excluding carboxylic acids is 2. The standard InChI is InChI=1S/C35H44FN3O6S/c1-6-31(35(41)37-28-10-8-7-9-11-28)38(22-26-12-14-27(36)15-13-26)34(40)23-39(29-19-24(2)18-25(3)20-29)46(42,43)30-16-17-32(44-4)33(21-30)45-5/h12-21,28,31H,6-11,22-23H2,1-5H3,(H,37,41)/t31-/m1/s1. The largest absolute Gasteiger partial charge is 0.493 e. The summed E-state index contributed by atoms with van der Waals surface area (Å²) in [6.07, 6.45) is 5.23. The average Bonchev–Trinajstić information content (AvgIpc) is 3.03. The Morgan fingerprint density at radius 3 is 2.13 bits per heavy atom. The number of methoxy groups -OCH3 is 2. The Hall–Kier alpha value is -4.12. The molecule has 0 radical (unpaired) electrons. The van der Waals surface area contributed by atoms with E-state index >= 15 is 0 Å². The molecule has 1 saturated carbocycles. The van der Waals surface area contributed by atoms with Crippen LogP contribution >= 0.6 is 0 Å². The lowest BCUT2D eigenvalue weighted by Gasteiger charge is -2.34. The SMILES string of the molecule is CC[C@H](C(=O)NC1CCCCC1)N(Cc1ccc(F)cc1)C(=O)CN(c1cc(C)cc(C)c1)S(=O)(=O)c1ccc(OC)c(OC)c1. The Labute approximate surface area is 271 Å². The van der Waals surface area contributed by atoms with Gasteiger partial charge in [0.15, 0.2) is 11.5 Å². The van der Waals surface area contributed by atoms with Gasteiger partial charge in [-0.2, -0.15) is 0 Å². The van der Waals surface area contributed by atoms with Crippen molar-refractivity contribution in [3.05, 3.63) is 83.2 Å². The van der Waals surface area contributed by atoms with Gasteiger partial charge in [0.05, 0.1) is 24.8 Å². The van der Waals surface area contributed by atoms with Crippen LogP contribution in [0.2, 0.25) is 0 Å². The first kappa shape index (κ1) is 34.7. The van der Waals surface area contributed by atoms with E-state index in [0.29, 0.717) is 23.4 Å². The molecule has 0 aromatic heterocycles. The summed E-state index contributed by atoms with van der Waals surface area (Å²) in [5, 5.41) is 3.13. The van der Waals surface area contributed by atoms with Crippen molar-refractivity contribution in [3.8, 4) is 11.5 Å². The molecule has 3 aromatic carbocycles. The predicted octanol–water partition coefficient (Wildman–Crippen LogP) is 5.91. The van der Waals surface area contributed by atoms with Crippen LogP contribution in [0.25, 0.3) is 0 Å². The number of hydrogen-bond donors (Lipinski definition) is 1. The number of anilines is 1. The van der Waals surface area contributed by atoms with E-state index in [4.69, 9.17) is 9.47 Å². The highest BCUT2D eigenvalue weighted by atomic mass is 32.2. The minimum atomic E-state index is -4.33. The van der Waals surface area contributed by atoms with Crippen LogP contribution in [0.4, 0.5) is 10.1 Å². The average molecular weight is 654 g/mol. The van der Waals surface area contributed by atoms with Crippen molar-refractivity contribution in [3.63, 3.8) is 0 Å². The van der Waals surface area contributed by atoms with Gasteiger partial charge in [0, 0.05) is 18.7 Å². The number of sulfonamides is 1. The molecule has 9 nitrogen and oxygen atoms in total. The minimum Gasteiger partial charge on any atom is -0.493 e. The number of amides is 2. The molecule has 0 spiro atoms. The highest BCUT2D eigenvalue weighted by Gasteiger charge is 2.35. The van der Waals surface area contributed by atoms with Gasteiger partial charge in [0.25, 0.3) is 10.0 Å². The van der Waals surface area contributed by atoms with Crippen LogP contribution in [0.5, 0.6) is 11.5 Å². The van der Waals surface area contributed by atoms with E-state index in [9.17, 15) is 22.4 Å². The maximum atomic E-state index is 14.4. The predicted molar refractivity (Wildman–Crippen MR) is 176 cm³/mol. The Bertz CT molecular complexity index is 1600. The summed E-state index contributed by atoms with van der Waals surface area (Å²) in [6, 6.07) is 14.4. The van der Waals surface area contributed by atoms with Crippen molar-refractivity contribution >= 4 is 27.5 Å². The number of nitrogens with one attached hydrogen (secondary N) is 1. The van der Waals surface area contributed by atoms with Crippen molar-refractivity contribution in [2.24, 2.45) is 0 Å². The van der Waals surface area contributed by atoms with Crippen molar-refractivity contribution in [1.29, 1.82) is 0 Å². The number of ether oxygens (including phenoxy) is 2. The van der Waals surface area contributed by atoms with Gasteiger partial charge >= 0.3 is 0 Å². The maximum absolute atomic E-state index is 14.4. The smallest absolute Gasteiger partial charge is 0.264 e. The van der Waals surface area contributed by atoms with Gasteiger partial charge in [0.2, 0.25) is 11.8 Å². The third-order valence-corrected chi connectivity index (χ3v) is 10.1. The summed E-state index contributed by atoms with van der Waals surface area (Å²) >= 11 is 0. The van der Waals surface area contributed by atoms with Crippen LogP contribution in [-0.4, -0.2) is 58.0 Å². The van der Waals surface area contributed by atoms with Crippen LogP contribution in [0.1, 0.15) is 62.1 Å². The number of aryl methyl sites for hydroxylation is 2.